The lowest BCUT2D eigenvalue weighted by atomic mass is 10.1. The van der Waals surface area contributed by atoms with Gasteiger partial charge in [-0.2, -0.15) is 0 Å². The van der Waals surface area contributed by atoms with E-state index in [0.717, 1.165) is 0 Å². The molecule has 6 nitrogen and oxygen atoms in total. The number of hydrogen-bond acceptors (Lipinski definition) is 4. The summed E-state index contributed by atoms with van der Waals surface area (Å²) in [4.78, 5) is 24.7. The van der Waals surface area contributed by atoms with E-state index < -0.39 is 5.97 Å². The van der Waals surface area contributed by atoms with Gasteiger partial charge in [0.15, 0.2) is 0 Å². The van der Waals surface area contributed by atoms with Crippen molar-refractivity contribution in [2.24, 2.45) is 0 Å². The van der Waals surface area contributed by atoms with Crippen LogP contribution in [0.25, 0.3) is 0 Å². The van der Waals surface area contributed by atoms with Crippen LogP contribution in [0.4, 0.5) is 0 Å². The third-order valence-corrected chi connectivity index (χ3v) is 3.00. The predicted molar refractivity (Wildman–Crippen MR) is 70.9 cm³/mol. The van der Waals surface area contributed by atoms with Crippen molar-refractivity contribution in [3.63, 3.8) is 0 Å². The molecule has 1 aliphatic heterocycles. The first-order chi connectivity index (χ1) is 8.69. The van der Waals surface area contributed by atoms with Crippen molar-refractivity contribution in [3.8, 4) is 0 Å². The number of morpholine rings is 1. The summed E-state index contributed by atoms with van der Waals surface area (Å²) < 4.78 is 5.40. The SMILES string of the molecule is CC(C(=O)NC(C)(C)C)N1CCOC(CC(=O)O)C1. The van der Waals surface area contributed by atoms with E-state index in [1.54, 1.807) is 0 Å². The van der Waals surface area contributed by atoms with Crippen LogP contribution in [0, 0.1) is 0 Å². The van der Waals surface area contributed by atoms with Gasteiger partial charge < -0.3 is 15.2 Å². The molecule has 0 spiro atoms. The van der Waals surface area contributed by atoms with E-state index in [1.807, 2.05) is 32.6 Å². The fourth-order valence-corrected chi connectivity index (χ4v) is 2.05. The van der Waals surface area contributed by atoms with Crippen LogP contribution in [0.15, 0.2) is 0 Å². The Balaban J connectivity index is 2.54. The minimum Gasteiger partial charge on any atom is -0.481 e. The molecule has 0 bridgehead atoms. The Morgan fingerprint density at radius 3 is 2.63 bits per heavy atom. The molecule has 0 aromatic rings. The lowest BCUT2D eigenvalue weighted by Crippen LogP contribution is -2.55. The van der Waals surface area contributed by atoms with Gasteiger partial charge in [0, 0.05) is 18.6 Å². The Hall–Kier alpha value is -1.14. The molecule has 1 saturated heterocycles. The molecular weight excluding hydrogens is 248 g/mol. The van der Waals surface area contributed by atoms with E-state index in [1.165, 1.54) is 0 Å². The first-order valence-electron chi connectivity index (χ1n) is 6.58. The average Bonchev–Trinajstić information content (AvgIpc) is 2.25. The molecule has 0 saturated carbocycles. The molecule has 110 valence electrons. The fourth-order valence-electron chi connectivity index (χ4n) is 2.05. The molecule has 1 rings (SSSR count). The monoisotopic (exact) mass is 272 g/mol. The maximum Gasteiger partial charge on any atom is 0.306 e. The molecule has 6 heteroatoms. The molecule has 19 heavy (non-hydrogen) atoms. The number of amides is 1. The zero-order valence-electron chi connectivity index (χ0n) is 12.1. The average molecular weight is 272 g/mol. The third kappa shape index (κ3) is 5.57. The van der Waals surface area contributed by atoms with Gasteiger partial charge in [-0.05, 0) is 27.7 Å². The van der Waals surface area contributed by atoms with Crippen LogP contribution >= 0.6 is 0 Å². The molecule has 0 aromatic carbocycles. The summed E-state index contributed by atoms with van der Waals surface area (Å²) >= 11 is 0. The number of hydrogen-bond donors (Lipinski definition) is 2. The quantitative estimate of drug-likeness (QED) is 0.777. The van der Waals surface area contributed by atoms with Crippen molar-refractivity contribution in [1.29, 1.82) is 0 Å². The van der Waals surface area contributed by atoms with Gasteiger partial charge in [0.25, 0.3) is 0 Å². The molecule has 1 amide bonds. The molecule has 2 atom stereocenters. The second-order valence-electron chi connectivity index (χ2n) is 6.00. The normalized spacial score (nSPS) is 22.8. The predicted octanol–water partition coefficient (Wildman–Crippen LogP) is 0.465. The van der Waals surface area contributed by atoms with Crippen LogP contribution in [0.5, 0.6) is 0 Å². The van der Waals surface area contributed by atoms with Crippen molar-refractivity contribution >= 4 is 11.9 Å². The Labute approximate surface area is 114 Å². The Morgan fingerprint density at radius 1 is 1.47 bits per heavy atom. The molecule has 0 aromatic heterocycles. The number of carboxylic acids is 1. The van der Waals surface area contributed by atoms with E-state index in [0.29, 0.717) is 19.7 Å². The van der Waals surface area contributed by atoms with Gasteiger partial charge in [0.2, 0.25) is 5.91 Å². The van der Waals surface area contributed by atoms with Crippen LogP contribution in [-0.4, -0.2) is 59.3 Å². The van der Waals surface area contributed by atoms with E-state index in [4.69, 9.17) is 9.84 Å². The number of ether oxygens (including phenoxy) is 1. The van der Waals surface area contributed by atoms with Crippen molar-refractivity contribution < 1.29 is 19.4 Å². The number of carbonyl (C=O) groups is 2. The minimum atomic E-state index is -0.876. The molecule has 1 aliphatic rings. The maximum atomic E-state index is 12.1. The summed E-state index contributed by atoms with van der Waals surface area (Å²) in [5.41, 5.74) is -0.266. The van der Waals surface area contributed by atoms with E-state index >= 15 is 0 Å². The van der Waals surface area contributed by atoms with Gasteiger partial charge in [-0.15, -0.1) is 0 Å². The first kappa shape index (κ1) is 15.9. The Bertz CT molecular complexity index is 338. The lowest BCUT2D eigenvalue weighted by molar-refractivity contribution is -0.143. The van der Waals surface area contributed by atoms with Gasteiger partial charge in [-0.1, -0.05) is 0 Å². The number of carbonyl (C=O) groups excluding carboxylic acids is 1. The van der Waals surface area contributed by atoms with Gasteiger partial charge in [0.05, 0.1) is 25.2 Å². The number of rotatable bonds is 4. The van der Waals surface area contributed by atoms with Gasteiger partial charge >= 0.3 is 5.97 Å². The van der Waals surface area contributed by atoms with E-state index in [2.05, 4.69) is 5.32 Å². The van der Waals surface area contributed by atoms with Gasteiger partial charge in [-0.25, -0.2) is 0 Å². The number of aliphatic carboxylic acids is 1. The molecule has 2 N–H and O–H groups in total. The van der Waals surface area contributed by atoms with E-state index in [9.17, 15) is 9.59 Å². The summed E-state index contributed by atoms with van der Waals surface area (Å²) in [6, 6.07) is -0.278. The molecule has 0 aliphatic carbocycles. The van der Waals surface area contributed by atoms with Crippen molar-refractivity contribution in [2.45, 2.75) is 51.8 Å². The molecule has 0 radical (unpaired) electrons. The van der Waals surface area contributed by atoms with Gasteiger partial charge in [0.1, 0.15) is 0 Å². The topological polar surface area (TPSA) is 78.9 Å². The highest BCUT2D eigenvalue weighted by atomic mass is 16.5. The Kier molecular flexibility index (Phi) is 5.31. The largest absolute Gasteiger partial charge is 0.481 e. The van der Waals surface area contributed by atoms with E-state index in [-0.39, 0.29) is 30.0 Å². The van der Waals surface area contributed by atoms with Crippen molar-refractivity contribution in [1.82, 2.24) is 10.2 Å². The van der Waals surface area contributed by atoms with Crippen LogP contribution < -0.4 is 5.32 Å². The third-order valence-electron chi connectivity index (χ3n) is 3.00. The van der Waals surface area contributed by atoms with Crippen LogP contribution in [0.2, 0.25) is 0 Å². The summed E-state index contributed by atoms with van der Waals surface area (Å²) in [5, 5.41) is 11.7. The highest BCUT2D eigenvalue weighted by Gasteiger charge is 2.30. The summed E-state index contributed by atoms with van der Waals surface area (Å²) in [5.74, 6) is -0.915. The molecule has 1 fully saturated rings. The second kappa shape index (κ2) is 6.34. The Morgan fingerprint density at radius 2 is 2.11 bits per heavy atom. The zero-order valence-corrected chi connectivity index (χ0v) is 12.1. The first-order valence-corrected chi connectivity index (χ1v) is 6.58. The van der Waals surface area contributed by atoms with Crippen molar-refractivity contribution in [3.05, 3.63) is 0 Å². The highest BCUT2D eigenvalue weighted by Crippen LogP contribution is 2.12. The molecular formula is C13H24N2O4. The van der Waals surface area contributed by atoms with Crippen LogP contribution in [0.3, 0.4) is 0 Å². The van der Waals surface area contributed by atoms with Crippen molar-refractivity contribution in [2.75, 3.05) is 19.7 Å². The fraction of sp³-hybridized carbons (Fsp3) is 0.846. The molecule has 2 unspecified atom stereocenters. The molecule has 1 heterocycles. The van der Waals surface area contributed by atoms with Gasteiger partial charge in [-0.3, -0.25) is 14.5 Å². The standard InChI is InChI=1S/C13H24N2O4/c1-9(12(18)14-13(2,3)4)15-5-6-19-10(8-15)7-11(16)17/h9-10H,5-8H2,1-4H3,(H,14,18)(H,16,17). The van der Waals surface area contributed by atoms with Crippen LogP contribution in [-0.2, 0) is 14.3 Å². The summed E-state index contributed by atoms with van der Waals surface area (Å²) in [6.07, 6.45) is -0.361. The smallest absolute Gasteiger partial charge is 0.306 e. The zero-order chi connectivity index (χ0) is 14.6. The number of nitrogens with zero attached hydrogens (tertiary/aromatic N) is 1. The minimum absolute atomic E-state index is 0.0237. The lowest BCUT2D eigenvalue weighted by Gasteiger charge is -2.36. The maximum absolute atomic E-state index is 12.1. The summed E-state index contributed by atoms with van der Waals surface area (Å²) in [6.45, 7) is 9.23. The number of carboxylic acid groups (broad SMARTS) is 1. The van der Waals surface area contributed by atoms with Crippen LogP contribution in [0.1, 0.15) is 34.1 Å². The number of nitrogens with one attached hydrogen (secondary N) is 1. The second-order valence-corrected chi connectivity index (χ2v) is 6.00. The highest BCUT2D eigenvalue weighted by molar-refractivity contribution is 5.82. The summed E-state index contributed by atoms with van der Waals surface area (Å²) in [7, 11) is 0.